The van der Waals surface area contributed by atoms with Crippen molar-refractivity contribution in [3.63, 3.8) is 0 Å². The number of benzene rings is 1. The highest BCUT2D eigenvalue weighted by atomic mass is 14.9. The second kappa shape index (κ2) is 5.92. The first-order chi connectivity index (χ1) is 7.31. The quantitative estimate of drug-likeness (QED) is 0.770. The van der Waals surface area contributed by atoms with Crippen molar-refractivity contribution in [1.82, 2.24) is 5.32 Å². The van der Waals surface area contributed by atoms with Gasteiger partial charge in [-0.3, -0.25) is 0 Å². The predicted octanol–water partition coefficient (Wildman–Crippen LogP) is 3.97. The Morgan fingerprint density at radius 1 is 1.33 bits per heavy atom. The van der Waals surface area contributed by atoms with Gasteiger partial charge in [0.2, 0.25) is 0 Å². The minimum absolute atomic E-state index is 0.612. The maximum atomic E-state index is 3.55. The molecule has 1 aromatic carbocycles. The Kier molecular flexibility index (Phi) is 4.83. The molecule has 15 heavy (non-hydrogen) atoms. The molecule has 0 radical (unpaired) electrons. The van der Waals surface area contributed by atoms with Gasteiger partial charge in [-0.15, -0.1) is 0 Å². The van der Waals surface area contributed by atoms with E-state index >= 15 is 0 Å². The van der Waals surface area contributed by atoms with Gasteiger partial charge in [0.25, 0.3) is 0 Å². The molecule has 1 nitrogen and oxygen atoms in total. The van der Waals surface area contributed by atoms with Gasteiger partial charge in [-0.1, -0.05) is 51.0 Å². The first-order valence-electron chi connectivity index (χ1n) is 6.14. The predicted molar refractivity (Wildman–Crippen MR) is 67.0 cm³/mol. The van der Waals surface area contributed by atoms with Gasteiger partial charge in [0.05, 0.1) is 0 Å². The molecule has 1 aliphatic heterocycles. The average molecular weight is 205 g/mol. The first-order valence-corrected chi connectivity index (χ1v) is 6.14. The van der Waals surface area contributed by atoms with Crippen LogP contribution in [0.15, 0.2) is 18.2 Å². The van der Waals surface area contributed by atoms with Crippen molar-refractivity contribution >= 4 is 0 Å². The van der Waals surface area contributed by atoms with Crippen molar-refractivity contribution in [3.8, 4) is 0 Å². The van der Waals surface area contributed by atoms with Crippen LogP contribution in [-0.2, 0) is 6.54 Å². The molecule has 0 fully saturated rings. The molecule has 0 spiro atoms. The number of nitrogens with one attached hydrogen (secondary N) is 1. The average Bonchev–Trinajstić information content (AvgIpc) is 2.64. The Morgan fingerprint density at radius 3 is 2.73 bits per heavy atom. The van der Waals surface area contributed by atoms with E-state index in [-0.39, 0.29) is 0 Å². The third-order valence-electron chi connectivity index (χ3n) is 2.79. The van der Waals surface area contributed by atoms with Gasteiger partial charge in [0.15, 0.2) is 0 Å². The van der Waals surface area contributed by atoms with Crippen LogP contribution < -0.4 is 5.32 Å². The molecule has 0 amide bonds. The molecule has 0 saturated carbocycles. The first kappa shape index (κ1) is 12.3. The van der Waals surface area contributed by atoms with Crippen LogP contribution in [0, 0.1) is 6.92 Å². The third-order valence-corrected chi connectivity index (χ3v) is 2.79. The van der Waals surface area contributed by atoms with E-state index in [9.17, 15) is 0 Å². The van der Waals surface area contributed by atoms with Crippen LogP contribution in [0.5, 0.6) is 0 Å². The fourth-order valence-electron chi connectivity index (χ4n) is 2.12. The minimum atomic E-state index is 0.612. The van der Waals surface area contributed by atoms with E-state index in [0.717, 1.165) is 6.54 Å². The van der Waals surface area contributed by atoms with E-state index in [1.807, 2.05) is 13.8 Å². The van der Waals surface area contributed by atoms with Crippen LogP contribution in [0.1, 0.15) is 56.3 Å². The van der Waals surface area contributed by atoms with Crippen molar-refractivity contribution in [2.75, 3.05) is 0 Å². The second-order valence-corrected chi connectivity index (χ2v) is 3.92. The summed E-state index contributed by atoms with van der Waals surface area (Å²) in [5.41, 5.74) is 4.39. The molecule has 84 valence electrons. The van der Waals surface area contributed by atoms with E-state index in [4.69, 9.17) is 0 Å². The minimum Gasteiger partial charge on any atom is -0.306 e. The lowest BCUT2D eigenvalue weighted by molar-refractivity contribution is 0.535. The van der Waals surface area contributed by atoms with E-state index in [0.29, 0.717) is 6.04 Å². The molecule has 1 aromatic rings. The molecule has 0 bridgehead atoms. The summed E-state index contributed by atoms with van der Waals surface area (Å²) in [6.07, 6.45) is 2.51. The van der Waals surface area contributed by atoms with Gasteiger partial charge < -0.3 is 5.32 Å². The molecule has 0 aromatic heterocycles. The van der Waals surface area contributed by atoms with Gasteiger partial charge in [-0.25, -0.2) is 0 Å². The zero-order valence-corrected chi connectivity index (χ0v) is 10.4. The third kappa shape index (κ3) is 2.82. The second-order valence-electron chi connectivity index (χ2n) is 3.92. The van der Waals surface area contributed by atoms with Gasteiger partial charge >= 0.3 is 0 Å². The zero-order valence-electron chi connectivity index (χ0n) is 10.4. The molecule has 0 aliphatic carbocycles. The largest absolute Gasteiger partial charge is 0.306 e. The molecule has 1 heteroatoms. The normalized spacial score (nSPS) is 18.0. The fourth-order valence-corrected chi connectivity index (χ4v) is 2.12. The van der Waals surface area contributed by atoms with Crippen LogP contribution in [0.25, 0.3) is 0 Å². The van der Waals surface area contributed by atoms with Crippen LogP contribution >= 0.6 is 0 Å². The molecule has 1 aliphatic rings. The number of rotatable bonds is 2. The summed E-state index contributed by atoms with van der Waals surface area (Å²) in [6, 6.07) is 7.41. The molecule has 2 rings (SSSR count). The smallest absolute Gasteiger partial charge is 0.0326 e. The highest BCUT2D eigenvalue weighted by molar-refractivity contribution is 5.36. The van der Waals surface area contributed by atoms with Crippen molar-refractivity contribution in [1.29, 1.82) is 0 Å². The van der Waals surface area contributed by atoms with E-state index in [1.165, 1.54) is 29.5 Å². The van der Waals surface area contributed by atoms with Gasteiger partial charge in [-0.2, -0.15) is 0 Å². The lowest BCUT2D eigenvalue weighted by atomic mass is 10.00. The van der Waals surface area contributed by atoms with Crippen LogP contribution in [0.2, 0.25) is 0 Å². The van der Waals surface area contributed by atoms with Crippen LogP contribution in [0.4, 0.5) is 0 Å². The Labute approximate surface area is 93.9 Å². The lowest BCUT2D eigenvalue weighted by Gasteiger charge is -2.10. The van der Waals surface area contributed by atoms with E-state index in [2.05, 4.69) is 37.4 Å². The molecular weight excluding hydrogens is 182 g/mol. The van der Waals surface area contributed by atoms with E-state index in [1.54, 1.807) is 0 Å². The van der Waals surface area contributed by atoms with Crippen molar-refractivity contribution < 1.29 is 0 Å². The van der Waals surface area contributed by atoms with E-state index < -0.39 is 0 Å². The molecule has 1 heterocycles. The number of hydrogen-bond donors (Lipinski definition) is 1. The maximum absolute atomic E-state index is 3.55. The van der Waals surface area contributed by atoms with Crippen molar-refractivity contribution in [2.24, 2.45) is 0 Å². The van der Waals surface area contributed by atoms with Gasteiger partial charge in [0, 0.05) is 12.6 Å². The highest BCUT2D eigenvalue weighted by Gasteiger charge is 2.19. The summed E-state index contributed by atoms with van der Waals surface area (Å²) < 4.78 is 0. The SMILES string of the molecule is CC.CCCC1NCc2cc(C)ccc21. The van der Waals surface area contributed by atoms with Gasteiger partial charge in [-0.05, 0) is 24.5 Å². The molecule has 1 N–H and O–H groups in total. The lowest BCUT2D eigenvalue weighted by Crippen LogP contribution is -2.11. The molecule has 0 saturated heterocycles. The summed E-state index contributed by atoms with van der Waals surface area (Å²) in [5, 5.41) is 3.55. The Morgan fingerprint density at radius 2 is 2.07 bits per heavy atom. The zero-order chi connectivity index (χ0) is 11.3. The number of aryl methyl sites for hydroxylation is 1. The molecule has 1 unspecified atom stereocenters. The Hall–Kier alpha value is -0.820. The molecule has 1 atom stereocenters. The fraction of sp³-hybridized carbons (Fsp3) is 0.571. The molecular formula is C14H23N. The number of fused-ring (bicyclic) bond motifs is 1. The maximum Gasteiger partial charge on any atom is 0.0326 e. The Bertz CT molecular complexity index is 304. The summed E-state index contributed by atoms with van der Waals surface area (Å²) in [5.74, 6) is 0. The summed E-state index contributed by atoms with van der Waals surface area (Å²) >= 11 is 0. The van der Waals surface area contributed by atoms with Crippen molar-refractivity contribution in [2.45, 2.75) is 53.1 Å². The highest BCUT2D eigenvalue weighted by Crippen LogP contribution is 2.28. The Balaban J connectivity index is 0.000000531. The standard InChI is InChI=1S/C12H17N.C2H6/c1-3-4-12-11-6-5-9(2)7-10(11)8-13-12;1-2/h5-7,12-13H,3-4,8H2,1-2H3;1-2H3. The van der Waals surface area contributed by atoms with Crippen LogP contribution in [0.3, 0.4) is 0 Å². The topological polar surface area (TPSA) is 12.0 Å². The van der Waals surface area contributed by atoms with Crippen LogP contribution in [-0.4, -0.2) is 0 Å². The monoisotopic (exact) mass is 205 g/mol. The summed E-state index contributed by atoms with van der Waals surface area (Å²) in [4.78, 5) is 0. The van der Waals surface area contributed by atoms with Crippen molar-refractivity contribution in [3.05, 3.63) is 34.9 Å². The summed E-state index contributed by atoms with van der Waals surface area (Å²) in [6.45, 7) is 9.46. The number of hydrogen-bond acceptors (Lipinski definition) is 1. The summed E-state index contributed by atoms with van der Waals surface area (Å²) in [7, 11) is 0. The van der Waals surface area contributed by atoms with Gasteiger partial charge in [0.1, 0.15) is 0 Å².